The molecule has 1 amide bonds. The molecule has 6 heteroatoms. The summed E-state index contributed by atoms with van der Waals surface area (Å²) >= 11 is 5.83. The maximum Gasteiger partial charge on any atom is 0.286 e. The van der Waals surface area contributed by atoms with E-state index in [1.807, 2.05) is 0 Å². The lowest BCUT2D eigenvalue weighted by Crippen LogP contribution is -2.62. The number of halogens is 1. The summed E-state index contributed by atoms with van der Waals surface area (Å²) in [6.07, 6.45) is 1.69. The van der Waals surface area contributed by atoms with Crippen LogP contribution in [0.3, 0.4) is 0 Å². The van der Waals surface area contributed by atoms with Crippen LogP contribution in [0.4, 0.5) is 5.69 Å². The smallest absolute Gasteiger partial charge is 0.286 e. The van der Waals surface area contributed by atoms with Gasteiger partial charge in [0, 0.05) is 22.1 Å². The first-order valence-corrected chi connectivity index (χ1v) is 8.14. The van der Waals surface area contributed by atoms with E-state index in [9.17, 15) is 4.79 Å². The van der Waals surface area contributed by atoms with Gasteiger partial charge in [0.25, 0.3) is 5.91 Å². The number of carbonyl (C=O) groups is 1. The van der Waals surface area contributed by atoms with Crippen molar-refractivity contribution in [2.24, 2.45) is 10.7 Å². The van der Waals surface area contributed by atoms with E-state index in [4.69, 9.17) is 17.3 Å². The lowest BCUT2D eigenvalue weighted by molar-refractivity contribution is -0.116. The second-order valence-corrected chi connectivity index (χ2v) is 7.88. The molecular formula is C17H25ClN4O. The molecule has 2 rings (SSSR count). The number of carbonyl (C=O) groups excluding carboxylic acids is 1. The first-order valence-electron chi connectivity index (χ1n) is 7.76. The molecule has 1 aromatic rings. The summed E-state index contributed by atoms with van der Waals surface area (Å²) in [6, 6.07) is 6.93. The lowest BCUT2D eigenvalue weighted by atomic mass is 9.79. The number of hydrogen-bond donors (Lipinski definition) is 3. The number of benzene rings is 1. The summed E-state index contributed by atoms with van der Waals surface area (Å²) in [5.41, 5.74) is 6.35. The zero-order chi connectivity index (χ0) is 17.3. The summed E-state index contributed by atoms with van der Waals surface area (Å²) in [6.45, 7) is 8.55. The number of nitrogens with two attached hydrogens (primary N) is 1. The summed E-state index contributed by atoms with van der Waals surface area (Å²) in [7, 11) is 0. The van der Waals surface area contributed by atoms with Crippen LogP contribution in [-0.4, -0.2) is 28.9 Å². The van der Waals surface area contributed by atoms with Crippen LogP contribution in [0.5, 0.6) is 0 Å². The van der Waals surface area contributed by atoms with E-state index in [1.165, 1.54) is 0 Å². The molecule has 1 aromatic carbocycles. The monoisotopic (exact) mass is 336 g/mol. The van der Waals surface area contributed by atoms with Crippen molar-refractivity contribution in [3.63, 3.8) is 0 Å². The molecule has 0 radical (unpaired) electrons. The van der Waals surface area contributed by atoms with Crippen molar-refractivity contribution in [1.29, 1.82) is 0 Å². The molecule has 0 unspecified atom stereocenters. The Kier molecular flexibility index (Phi) is 5.01. The fourth-order valence-corrected chi connectivity index (χ4v) is 3.52. The minimum Gasteiger partial charge on any atom is -0.379 e. The van der Waals surface area contributed by atoms with Crippen LogP contribution < -0.4 is 16.4 Å². The molecule has 0 aromatic heterocycles. The molecule has 0 saturated carbocycles. The van der Waals surface area contributed by atoms with Crippen LogP contribution in [-0.2, 0) is 4.79 Å². The predicted molar refractivity (Wildman–Crippen MR) is 95.2 cm³/mol. The highest BCUT2D eigenvalue weighted by Gasteiger charge is 2.38. The number of amidine groups is 1. The highest BCUT2D eigenvalue weighted by atomic mass is 35.5. The van der Waals surface area contributed by atoms with Gasteiger partial charge in [0.15, 0.2) is 5.84 Å². The van der Waals surface area contributed by atoms with E-state index < -0.39 is 0 Å². The van der Waals surface area contributed by atoms with E-state index in [-0.39, 0.29) is 28.9 Å². The molecule has 0 atom stereocenters. The van der Waals surface area contributed by atoms with Crippen molar-refractivity contribution in [1.82, 2.24) is 10.6 Å². The van der Waals surface area contributed by atoms with Crippen LogP contribution in [0.25, 0.3) is 0 Å². The van der Waals surface area contributed by atoms with Crippen LogP contribution in [0.15, 0.2) is 29.3 Å². The Morgan fingerprint density at radius 3 is 2.26 bits per heavy atom. The highest BCUT2D eigenvalue weighted by molar-refractivity contribution is 6.37. The first kappa shape index (κ1) is 17.8. The number of hydrogen-bond acceptors (Lipinski definition) is 3. The third kappa shape index (κ3) is 5.22. The van der Waals surface area contributed by atoms with Gasteiger partial charge in [0.05, 0.1) is 5.69 Å². The fraction of sp³-hybridized carbons (Fsp3) is 0.529. The van der Waals surface area contributed by atoms with Gasteiger partial charge in [0.2, 0.25) is 0 Å². The Balaban J connectivity index is 2.04. The van der Waals surface area contributed by atoms with Gasteiger partial charge in [-0.1, -0.05) is 11.6 Å². The van der Waals surface area contributed by atoms with Gasteiger partial charge in [0.1, 0.15) is 0 Å². The van der Waals surface area contributed by atoms with Gasteiger partial charge in [-0.2, -0.15) is 0 Å². The number of aliphatic imine (C=N–C) groups is 1. The van der Waals surface area contributed by atoms with E-state index in [0.717, 1.165) is 12.8 Å². The molecule has 1 saturated heterocycles. The van der Waals surface area contributed by atoms with Gasteiger partial charge in [-0.3, -0.25) is 4.79 Å². The summed E-state index contributed by atoms with van der Waals surface area (Å²) < 4.78 is 0. The maximum atomic E-state index is 12.3. The number of amides is 1. The maximum absolute atomic E-state index is 12.3. The standard InChI is InChI=1S/C17H25ClN4O/c1-16(2)9-13(10-17(3,4)22-16)21-15(23)14(19)20-12-7-5-11(18)6-8-12/h5-8,13,22H,9-10H2,1-4H3,(H2,19,20)(H,21,23). The van der Waals surface area contributed by atoms with Crippen LogP contribution >= 0.6 is 11.6 Å². The topological polar surface area (TPSA) is 79.5 Å². The summed E-state index contributed by atoms with van der Waals surface area (Å²) in [4.78, 5) is 16.4. The first-order chi connectivity index (χ1) is 10.6. The number of nitrogens with one attached hydrogen (secondary N) is 2. The minimum atomic E-state index is -0.335. The molecule has 1 fully saturated rings. The molecule has 1 heterocycles. The normalized spacial score (nSPS) is 21.0. The number of rotatable bonds is 2. The molecule has 126 valence electrons. The molecule has 23 heavy (non-hydrogen) atoms. The third-order valence-corrected chi connectivity index (χ3v) is 4.09. The molecule has 1 aliphatic rings. The lowest BCUT2D eigenvalue weighted by Gasteiger charge is -2.46. The Bertz CT molecular complexity index is 592. The molecular weight excluding hydrogens is 312 g/mol. The van der Waals surface area contributed by atoms with Crippen molar-refractivity contribution >= 4 is 29.0 Å². The molecule has 0 bridgehead atoms. The predicted octanol–water partition coefficient (Wildman–Crippen LogP) is 2.75. The van der Waals surface area contributed by atoms with E-state index >= 15 is 0 Å². The Labute approximate surface area is 142 Å². The number of piperidine rings is 1. The molecule has 1 aliphatic heterocycles. The van der Waals surface area contributed by atoms with Gasteiger partial charge < -0.3 is 16.4 Å². The van der Waals surface area contributed by atoms with Crippen LogP contribution in [0.2, 0.25) is 5.02 Å². The highest BCUT2D eigenvalue weighted by Crippen LogP contribution is 2.28. The second kappa shape index (κ2) is 6.49. The van der Waals surface area contributed by atoms with Gasteiger partial charge in [-0.25, -0.2) is 4.99 Å². The molecule has 0 spiro atoms. The van der Waals surface area contributed by atoms with E-state index in [1.54, 1.807) is 24.3 Å². The van der Waals surface area contributed by atoms with Crippen molar-refractivity contribution < 1.29 is 4.79 Å². The summed E-state index contributed by atoms with van der Waals surface area (Å²) in [5.74, 6) is -0.375. The minimum absolute atomic E-state index is 0.0399. The average molecular weight is 337 g/mol. The Morgan fingerprint density at radius 1 is 1.22 bits per heavy atom. The van der Waals surface area contributed by atoms with Crippen molar-refractivity contribution in [3.8, 4) is 0 Å². The Hall–Kier alpha value is -1.59. The van der Waals surface area contributed by atoms with Gasteiger partial charge >= 0.3 is 0 Å². The zero-order valence-corrected chi connectivity index (χ0v) is 14.9. The molecule has 0 aliphatic carbocycles. The third-order valence-electron chi connectivity index (χ3n) is 3.83. The van der Waals surface area contributed by atoms with E-state index in [2.05, 4.69) is 43.3 Å². The molecule has 4 N–H and O–H groups in total. The van der Waals surface area contributed by atoms with Crippen LogP contribution in [0.1, 0.15) is 40.5 Å². The quantitative estimate of drug-likeness (QED) is 0.574. The SMILES string of the molecule is CC1(C)CC(NC(=O)C(N)=Nc2ccc(Cl)cc2)CC(C)(C)N1. The number of nitrogens with zero attached hydrogens (tertiary/aromatic N) is 1. The largest absolute Gasteiger partial charge is 0.379 e. The van der Waals surface area contributed by atoms with Crippen LogP contribution in [0, 0.1) is 0 Å². The molecule has 5 nitrogen and oxygen atoms in total. The van der Waals surface area contributed by atoms with E-state index in [0.29, 0.717) is 10.7 Å². The van der Waals surface area contributed by atoms with Crippen molar-refractivity contribution in [3.05, 3.63) is 29.3 Å². The van der Waals surface area contributed by atoms with Crippen molar-refractivity contribution in [2.75, 3.05) is 0 Å². The Morgan fingerprint density at radius 2 is 1.74 bits per heavy atom. The van der Waals surface area contributed by atoms with Gasteiger partial charge in [-0.15, -0.1) is 0 Å². The van der Waals surface area contributed by atoms with Gasteiger partial charge in [-0.05, 0) is 64.8 Å². The average Bonchev–Trinajstić information content (AvgIpc) is 2.37. The summed E-state index contributed by atoms with van der Waals surface area (Å²) in [5, 5.41) is 7.20. The van der Waals surface area contributed by atoms with Crippen molar-refractivity contribution in [2.45, 2.75) is 57.7 Å². The zero-order valence-electron chi connectivity index (χ0n) is 14.1. The fourth-order valence-electron chi connectivity index (χ4n) is 3.39. The second-order valence-electron chi connectivity index (χ2n) is 7.44.